The molecule has 0 aliphatic carbocycles. The lowest BCUT2D eigenvalue weighted by Crippen LogP contribution is -2.00. The van der Waals surface area contributed by atoms with Crippen LogP contribution in [-0.2, 0) is 4.74 Å². The van der Waals surface area contributed by atoms with Crippen LogP contribution in [0.1, 0.15) is 77.4 Å². The molecule has 0 radical (unpaired) electrons. The van der Waals surface area contributed by atoms with Crippen LogP contribution in [0.3, 0.4) is 0 Å². The summed E-state index contributed by atoms with van der Waals surface area (Å²) in [5.41, 5.74) is 6.13. The first-order valence-electron chi connectivity index (χ1n) is 12.8. The van der Waals surface area contributed by atoms with Crippen molar-refractivity contribution >= 4 is 0 Å². The normalized spacial score (nSPS) is 12.0. The Kier molecular flexibility index (Phi) is 10.5. The molecule has 33 heavy (non-hydrogen) atoms. The molecule has 0 fully saturated rings. The van der Waals surface area contributed by atoms with Gasteiger partial charge in [-0.1, -0.05) is 107 Å². The van der Waals surface area contributed by atoms with Crippen LogP contribution in [0, 0.1) is 0 Å². The molecule has 0 saturated carbocycles. The molecular weight excluding hydrogens is 404 g/mol. The van der Waals surface area contributed by atoms with Crippen molar-refractivity contribution in [1.82, 2.24) is 0 Å². The fourth-order valence-electron chi connectivity index (χ4n) is 4.11. The highest BCUT2D eigenvalue weighted by atomic mass is 16.5. The van der Waals surface area contributed by atoms with Crippen molar-refractivity contribution in [2.75, 3.05) is 13.2 Å². The van der Waals surface area contributed by atoms with Gasteiger partial charge in [-0.15, -0.1) is 0 Å². The van der Waals surface area contributed by atoms with Crippen molar-refractivity contribution in [2.45, 2.75) is 71.8 Å². The van der Waals surface area contributed by atoms with Crippen LogP contribution in [0.5, 0.6) is 5.75 Å². The van der Waals surface area contributed by atoms with Gasteiger partial charge in [-0.05, 0) is 59.7 Å². The molecule has 0 heterocycles. The van der Waals surface area contributed by atoms with E-state index in [1.807, 2.05) is 0 Å². The summed E-state index contributed by atoms with van der Waals surface area (Å²) in [6.07, 6.45) is 8.86. The number of hydrogen-bond acceptors (Lipinski definition) is 2. The second kappa shape index (κ2) is 13.9. The van der Waals surface area contributed by atoms with Crippen molar-refractivity contribution in [1.29, 1.82) is 0 Å². The van der Waals surface area contributed by atoms with E-state index in [0.717, 1.165) is 31.8 Å². The molecule has 0 spiro atoms. The molecule has 0 aromatic heterocycles. The molecule has 0 bridgehead atoms. The number of hydrogen-bond donors (Lipinski definition) is 0. The molecule has 3 rings (SSSR count). The maximum Gasteiger partial charge on any atom is 0.119 e. The summed E-state index contributed by atoms with van der Waals surface area (Å²) < 4.78 is 11.8. The van der Waals surface area contributed by atoms with Gasteiger partial charge in [0.05, 0.1) is 12.7 Å². The van der Waals surface area contributed by atoms with Gasteiger partial charge in [0.25, 0.3) is 0 Å². The van der Waals surface area contributed by atoms with E-state index in [1.54, 1.807) is 0 Å². The monoisotopic (exact) mass is 444 g/mol. The Balaban J connectivity index is 1.63. The fourth-order valence-corrected chi connectivity index (χ4v) is 4.11. The molecule has 1 atom stereocenters. The second-order valence-electron chi connectivity index (χ2n) is 8.82. The van der Waals surface area contributed by atoms with Gasteiger partial charge < -0.3 is 9.47 Å². The maximum absolute atomic E-state index is 5.97. The molecule has 3 aromatic rings. The van der Waals surface area contributed by atoms with E-state index in [2.05, 4.69) is 93.6 Å². The van der Waals surface area contributed by atoms with Crippen molar-refractivity contribution in [3.05, 3.63) is 78.4 Å². The average Bonchev–Trinajstić information content (AvgIpc) is 2.87. The van der Waals surface area contributed by atoms with Crippen LogP contribution in [0.2, 0.25) is 0 Å². The van der Waals surface area contributed by atoms with Crippen LogP contribution in [0.15, 0.2) is 72.8 Å². The minimum absolute atomic E-state index is 0.123. The van der Waals surface area contributed by atoms with E-state index in [-0.39, 0.29) is 6.10 Å². The average molecular weight is 445 g/mol. The SMILES string of the molecule is CCCCCCCCOc1ccc(-c2ccccc2-c2ccc(C(C)OCCC)cc2)cc1. The predicted octanol–water partition coefficient (Wildman–Crippen LogP) is 9.25. The predicted molar refractivity (Wildman–Crippen MR) is 141 cm³/mol. The first kappa shape index (κ1) is 25.1. The van der Waals surface area contributed by atoms with Gasteiger partial charge in [-0.2, -0.15) is 0 Å². The zero-order chi connectivity index (χ0) is 23.3. The lowest BCUT2D eigenvalue weighted by molar-refractivity contribution is 0.0663. The van der Waals surface area contributed by atoms with E-state index >= 15 is 0 Å². The molecule has 3 aromatic carbocycles. The highest BCUT2D eigenvalue weighted by Gasteiger charge is 2.10. The largest absolute Gasteiger partial charge is 0.494 e. The Bertz CT molecular complexity index is 928. The van der Waals surface area contributed by atoms with Crippen molar-refractivity contribution in [2.24, 2.45) is 0 Å². The third-order valence-electron chi connectivity index (χ3n) is 6.12. The first-order chi connectivity index (χ1) is 16.2. The maximum atomic E-state index is 5.97. The zero-order valence-corrected chi connectivity index (χ0v) is 20.7. The quantitative estimate of drug-likeness (QED) is 0.231. The van der Waals surface area contributed by atoms with Gasteiger partial charge in [-0.25, -0.2) is 0 Å². The molecule has 0 aliphatic heterocycles. The van der Waals surface area contributed by atoms with E-state index in [1.165, 1.54) is 59.9 Å². The summed E-state index contributed by atoms with van der Waals surface area (Å²) in [5, 5.41) is 0. The van der Waals surface area contributed by atoms with Gasteiger partial charge in [0, 0.05) is 6.61 Å². The summed E-state index contributed by atoms with van der Waals surface area (Å²) in [6.45, 7) is 8.11. The van der Waals surface area contributed by atoms with Gasteiger partial charge in [0.15, 0.2) is 0 Å². The lowest BCUT2D eigenvalue weighted by Gasteiger charge is -2.15. The van der Waals surface area contributed by atoms with Crippen molar-refractivity contribution in [3.63, 3.8) is 0 Å². The third-order valence-corrected chi connectivity index (χ3v) is 6.12. The molecule has 1 unspecified atom stereocenters. The van der Waals surface area contributed by atoms with Crippen molar-refractivity contribution < 1.29 is 9.47 Å². The zero-order valence-electron chi connectivity index (χ0n) is 20.7. The summed E-state index contributed by atoms with van der Waals surface area (Å²) in [4.78, 5) is 0. The summed E-state index contributed by atoms with van der Waals surface area (Å²) in [7, 11) is 0. The highest BCUT2D eigenvalue weighted by Crippen LogP contribution is 2.33. The Morgan fingerprint density at radius 3 is 1.79 bits per heavy atom. The van der Waals surface area contributed by atoms with Crippen LogP contribution in [0.25, 0.3) is 22.3 Å². The number of benzene rings is 3. The van der Waals surface area contributed by atoms with Gasteiger partial charge in [-0.3, -0.25) is 0 Å². The number of ether oxygens (including phenoxy) is 2. The molecule has 0 saturated heterocycles. The molecule has 2 heteroatoms. The van der Waals surface area contributed by atoms with Crippen LogP contribution >= 0.6 is 0 Å². The smallest absolute Gasteiger partial charge is 0.119 e. The fraction of sp³-hybridized carbons (Fsp3) is 0.419. The molecular formula is C31H40O2. The minimum Gasteiger partial charge on any atom is -0.494 e. The number of rotatable bonds is 14. The summed E-state index contributed by atoms with van der Waals surface area (Å²) in [5.74, 6) is 0.954. The molecule has 0 aliphatic rings. The standard InChI is InChI=1S/C31H40O2/c1-4-6-7-8-9-12-24-33-29-21-19-28(20-22-29)31-14-11-10-13-30(31)27-17-15-26(16-18-27)25(3)32-23-5-2/h10-11,13-22,25H,4-9,12,23-24H2,1-3H3. The summed E-state index contributed by atoms with van der Waals surface area (Å²) >= 11 is 0. The van der Waals surface area contributed by atoms with Gasteiger partial charge in [0.2, 0.25) is 0 Å². The minimum atomic E-state index is 0.123. The Morgan fingerprint density at radius 1 is 0.606 bits per heavy atom. The first-order valence-corrected chi connectivity index (χ1v) is 12.8. The van der Waals surface area contributed by atoms with E-state index < -0.39 is 0 Å². The molecule has 0 amide bonds. The topological polar surface area (TPSA) is 18.5 Å². The van der Waals surface area contributed by atoms with E-state index in [4.69, 9.17) is 9.47 Å². The Labute approximate surface area is 201 Å². The highest BCUT2D eigenvalue weighted by molar-refractivity contribution is 5.83. The number of unbranched alkanes of at least 4 members (excludes halogenated alkanes) is 5. The van der Waals surface area contributed by atoms with E-state index in [9.17, 15) is 0 Å². The van der Waals surface area contributed by atoms with Gasteiger partial charge in [0.1, 0.15) is 5.75 Å². The molecule has 0 N–H and O–H groups in total. The summed E-state index contributed by atoms with van der Waals surface area (Å²) in [6, 6.07) is 25.9. The Morgan fingerprint density at radius 2 is 1.18 bits per heavy atom. The Hall–Kier alpha value is -2.58. The van der Waals surface area contributed by atoms with Crippen molar-refractivity contribution in [3.8, 4) is 28.0 Å². The van der Waals surface area contributed by atoms with Crippen LogP contribution < -0.4 is 4.74 Å². The van der Waals surface area contributed by atoms with Crippen LogP contribution in [0.4, 0.5) is 0 Å². The third kappa shape index (κ3) is 7.75. The second-order valence-corrected chi connectivity index (χ2v) is 8.82. The molecule has 2 nitrogen and oxygen atoms in total. The lowest BCUT2D eigenvalue weighted by atomic mass is 9.94. The van der Waals surface area contributed by atoms with Gasteiger partial charge >= 0.3 is 0 Å². The van der Waals surface area contributed by atoms with E-state index in [0.29, 0.717) is 0 Å². The van der Waals surface area contributed by atoms with Crippen LogP contribution in [-0.4, -0.2) is 13.2 Å². The molecule has 176 valence electrons.